The molecule has 1 saturated heterocycles. The fraction of sp³-hybridized carbons (Fsp3) is 0.519. The number of aryl methyl sites for hydroxylation is 1. The summed E-state index contributed by atoms with van der Waals surface area (Å²) in [6, 6.07) is 14.4. The topological polar surface area (TPSA) is 68.8 Å². The monoisotopic (exact) mass is 452 g/mol. The molecule has 4 rings (SSSR count). The van der Waals surface area contributed by atoms with E-state index in [-0.39, 0.29) is 18.1 Å². The standard InChI is InChI=1S/C27H36N2O4/c1-31-16-14-28-13-12-20-4-5-23-18-24(9-6-22(23)17-20)29-27(30)21-7-10-25(11-8-21)33-19-26-3-2-15-32-26/h4-5,7-8,10-11,17,24,26,28H,2-3,6,9,12-16,18-19H2,1H3,(H,29,30)/t24-,26-/m0/s1. The van der Waals surface area contributed by atoms with Crippen molar-refractivity contribution in [1.82, 2.24) is 10.6 Å². The molecule has 1 amide bonds. The van der Waals surface area contributed by atoms with E-state index in [4.69, 9.17) is 14.2 Å². The minimum Gasteiger partial charge on any atom is -0.491 e. The van der Waals surface area contributed by atoms with E-state index in [2.05, 4.69) is 28.8 Å². The van der Waals surface area contributed by atoms with Crippen molar-refractivity contribution in [3.63, 3.8) is 0 Å². The molecule has 0 spiro atoms. The van der Waals surface area contributed by atoms with Crippen molar-refractivity contribution < 1.29 is 19.0 Å². The summed E-state index contributed by atoms with van der Waals surface area (Å²) in [5.74, 6) is 0.756. The van der Waals surface area contributed by atoms with Gasteiger partial charge in [0.05, 0.1) is 12.7 Å². The Morgan fingerprint density at radius 3 is 2.76 bits per heavy atom. The second-order valence-electron chi connectivity index (χ2n) is 8.98. The maximum Gasteiger partial charge on any atom is 0.251 e. The first-order chi connectivity index (χ1) is 16.2. The summed E-state index contributed by atoms with van der Waals surface area (Å²) in [4.78, 5) is 12.8. The van der Waals surface area contributed by atoms with Gasteiger partial charge in [0.25, 0.3) is 5.91 Å². The van der Waals surface area contributed by atoms with Crippen molar-refractivity contribution in [1.29, 1.82) is 0 Å². The van der Waals surface area contributed by atoms with Gasteiger partial charge in [0.15, 0.2) is 0 Å². The summed E-state index contributed by atoms with van der Waals surface area (Å²) < 4.78 is 16.4. The molecule has 1 fully saturated rings. The molecule has 2 atom stereocenters. The van der Waals surface area contributed by atoms with Crippen molar-refractivity contribution in [2.75, 3.05) is 40.0 Å². The van der Waals surface area contributed by atoms with Gasteiger partial charge in [-0.25, -0.2) is 0 Å². The molecule has 2 N–H and O–H groups in total. The van der Waals surface area contributed by atoms with Gasteiger partial charge < -0.3 is 24.8 Å². The highest BCUT2D eigenvalue weighted by Gasteiger charge is 2.21. The van der Waals surface area contributed by atoms with Crippen LogP contribution in [0, 0.1) is 0 Å². The normalized spacial score (nSPS) is 19.8. The largest absolute Gasteiger partial charge is 0.491 e. The Balaban J connectivity index is 1.23. The minimum atomic E-state index is -0.0205. The maximum absolute atomic E-state index is 12.8. The molecule has 0 unspecified atom stereocenters. The maximum atomic E-state index is 12.8. The minimum absolute atomic E-state index is 0.0205. The van der Waals surface area contributed by atoms with Gasteiger partial charge in [0.1, 0.15) is 12.4 Å². The highest BCUT2D eigenvalue weighted by atomic mass is 16.5. The van der Waals surface area contributed by atoms with Crippen molar-refractivity contribution >= 4 is 5.91 Å². The summed E-state index contributed by atoms with van der Waals surface area (Å²) in [5, 5.41) is 6.62. The van der Waals surface area contributed by atoms with Gasteiger partial charge >= 0.3 is 0 Å². The lowest BCUT2D eigenvalue weighted by Gasteiger charge is -2.26. The molecule has 0 aromatic heterocycles. The lowest BCUT2D eigenvalue weighted by molar-refractivity contribution is 0.0679. The van der Waals surface area contributed by atoms with Crippen LogP contribution < -0.4 is 15.4 Å². The quantitative estimate of drug-likeness (QED) is 0.512. The van der Waals surface area contributed by atoms with Crippen LogP contribution in [0.25, 0.3) is 0 Å². The van der Waals surface area contributed by atoms with Gasteiger partial charge in [-0.2, -0.15) is 0 Å². The predicted octanol–water partition coefficient (Wildman–Crippen LogP) is 3.31. The fourth-order valence-electron chi connectivity index (χ4n) is 4.56. The van der Waals surface area contributed by atoms with Crippen LogP contribution in [-0.2, 0) is 28.7 Å². The zero-order valence-electron chi connectivity index (χ0n) is 19.6. The molecule has 0 radical (unpaired) electrons. The average molecular weight is 453 g/mol. The summed E-state index contributed by atoms with van der Waals surface area (Å²) in [6.07, 6.45) is 6.22. The third-order valence-corrected chi connectivity index (χ3v) is 6.48. The molecular formula is C27H36N2O4. The molecular weight excluding hydrogens is 416 g/mol. The number of hydrogen-bond acceptors (Lipinski definition) is 5. The van der Waals surface area contributed by atoms with Crippen LogP contribution in [0.15, 0.2) is 42.5 Å². The van der Waals surface area contributed by atoms with E-state index < -0.39 is 0 Å². The lowest BCUT2D eigenvalue weighted by atomic mass is 9.86. The van der Waals surface area contributed by atoms with E-state index >= 15 is 0 Å². The number of amides is 1. The summed E-state index contributed by atoms with van der Waals surface area (Å²) in [7, 11) is 1.72. The Hall–Kier alpha value is -2.41. The molecule has 6 heteroatoms. The SMILES string of the molecule is COCCNCCc1ccc2c(c1)CC[C@H](NC(=O)c1ccc(OC[C@@H]3CCCO3)cc1)C2. The first-order valence-electron chi connectivity index (χ1n) is 12.2. The number of methoxy groups -OCH3 is 1. The molecule has 33 heavy (non-hydrogen) atoms. The highest BCUT2D eigenvalue weighted by molar-refractivity contribution is 5.94. The summed E-state index contributed by atoms with van der Waals surface area (Å²) in [6.45, 7) is 3.98. The van der Waals surface area contributed by atoms with Crippen LogP contribution in [-0.4, -0.2) is 58.1 Å². The second kappa shape index (κ2) is 12.2. The molecule has 0 saturated carbocycles. The van der Waals surface area contributed by atoms with Crippen molar-refractivity contribution in [2.45, 2.75) is 50.7 Å². The van der Waals surface area contributed by atoms with Crippen LogP contribution in [0.4, 0.5) is 0 Å². The van der Waals surface area contributed by atoms with Gasteiger partial charge in [-0.3, -0.25) is 4.79 Å². The Bertz CT molecular complexity index is 893. The number of ether oxygens (including phenoxy) is 3. The van der Waals surface area contributed by atoms with Gasteiger partial charge in [0.2, 0.25) is 0 Å². The first kappa shape index (κ1) is 23.7. The second-order valence-corrected chi connectivity index (χ2v) is 8.98. The number of hydrogen-bond donors (Lipinski definition) is 2. The van der Waals surface area contributed by atoms with Crippen LogP contribution in [0.1, 0.15) is 46.3 Å². The number of nitrogens with one attached hydrogen (secondary N) is 2. The number of rotatable bonds is 11. The average Bonchev–Trinajstić information content (AvgIpc) is 3.37. The Morgan fingerprint density at radius 2 is 1.97 bits per heavy atom. The van der Waals surface area contributed by atoms with Crippen molar-refractivity contribution in [3.8, 4) is 5.75 Å². The van der Waals surface area contributed by atoms with Crippen LogP contribution in [0.5, 0.6) is 5.75 Å². The van der Waals surface area contributed by atoms with Gasteiger partial charge in [-0.05, 0) is 86.0 Å². The van der Waals surface area contributed by atoms with E-state index in [1.54, 1.807) is 7.11 Å². The third-order valence-electron chi connectivity index (χ3n) is 6.48. The molecule has 2 aliphatic rings. The number of carbonyl (C=O) groups is 1. The molecule has 6 nitrogen and oxygen atoms in total. The Kier molecular flexibility index (Phi) is 8.75. The Labute approximate surface area is 197 Å². The lowest BCUT2D eigenvalue weighted by Crippen LogP contribution is -2.38. The molecule has 2 aromatic carbocycles. The van der Waals surface area contributed by atoms with Crippen LogP contribution >= 0.6 is 0 Å². The third kappa shape index (κ3) is 7.03. The zero-order valence-corrected chi connectivity index (χ0v) is 19.6. The summed E-state index contributed by atoms with van der Waals surface area (Å²) in [5.41, 5.74) is 4.80. The Morgan fingerprint density at radius 1 is 1.09 bits per heavy atom. The van der Waals surface area contributed by atoms with Crippen molar-refractivity contribution in [3.05, 3.63) is 64.7 Å². The molecule has 1 aliphatic carbocycles. The molecule has 1 aliphatic heterocycles. The van der Waals surface area contributed by atoms with Crippen LogP contribution in [0.3, 0.4) is 0 Å². The predicted molar refractivity (Wildman–Crippen MR) is 129 cm³/mol. The van der Waals surface area contributed by atoms with Crippen LogP contribution in [0.2, 0.25) is 0 Å². The fourth-order valence-corrected chi connectivity index (χ4v) is 4.56. The first-order valence-corrected chi connectivity index (χ1v) is 12.2. The van der Waals surface area contributed by atoms with E-state index in [1.165, 1.54) is 16.7 Å². The molecule has 0 bridgehead atoms. The van der Waals surface area contributed by atoms with Crippen molar-refractivity contribution in [2.24, 2.45) is 0 Å². The number of fused-ring (bicyclic) bond motifs is 1. The van der Waals surface area contributed by atoms with E-state index in [0.717, 1.165) is 70.6 Å². The molecule has 1 heterocycles. The number of carbonyl (C=O) groups excluding carboxylic acids is 1. The van der Waals surface area contributed by atoms with Gasteiger partial charge in [0, 0.05) is 31.9 Å². The molecule has 2 aromatic rings. The number of benzene rings is 2. The van der Waals surface area contributed by atoms with E-state index in [1.807, 2.05) is 24.3 Å². The highest BCUT2D eigenvalue weighted by Crippen LogP contribution is 2.24. The van der Waals surface area contributed by atoms with Gasteiger partial charge in [-0.1, -0.05) is 18.2 Å². The van der Waals surface area contributed by atoms with E-state index in [9.17, 15) is 4.79 Å². The summed E-state index contributed by atoms with van der Waals surface area (Å²) >= 11 is 0. The molecule has 178 valence electrons. The van der Waals surface area contributed by atoms with E-state index in [0.29, 0.717) is 12.2 Å². The smallest absolute Gasteiger partial charge is 0.251 e. The van der Waals surface area contributed by atoms with Gasteiger partial charge in [-0.15, -0.1) is 0 Å². The zero-order chi connectivity index (χ0) is 22.9.